The molecule has 1 heterocycles. The molecule has 1 rings (SSSR count). The van der Waals surface area contributed by atoms with Crippen LogP contribution in [-0.4, -0.2) is 5.16 Å². The molecule has 0 amide bonds. The summed E-state index contributed by atoms with van der Waals surface area (Å²) in [6.07, 6.45) is 3.56. The smallest absolute Gasteiger partial charge is 0.124 e. The van der Waals surface area contributed by atoms with Crippen molar-refractivity contribution in [1.29, 1.82) is 0 Å². The number of allylic oxidation sites excluding steroid dienone is 2. The Hall–Kier alpha value is -0.960. The van der Waals surface area contributed by atoms with E-state index in [1.165, 1.54) is 0 Å². The third-order valence-corrected chi connectivity index (χ3v) is 2.25. The van der Waals surface area contributed by atoms with Gasteiger partial charge in [-0.25, -0.2) is 0 Å². The van der Waals surface area contributed by atoms with Gasteiger partial charge >= 0.3 is 0 Å². The lowest BCUT2D eigenvalue weighted by Gasteiger charge is -2.00. The van der Waals surface area contributed by atoms with E-state index in [1.807, 2.05) is 26.0 Å². The molecule has 3 heteroatoms. The van der Waals surface area contributed by atoms with Gasteiger partial charge in [0.25, 0.3) is 0 Å². The first-order valence-electron chi connectivity index (χ1n) is 3.64. The van der Waals surface area contributed by atoms with Crippen LogP contribution in [0.1, 0.15) is 19.5 Å². The van der Waals surface area contributed by atoms with Crippen LogP contribution in [0.4, 0.5) is 0 Å². The molecule has 0 aliphatic heterocycles. The fourth-order valence-electron chi connectivity index (χ4n) is 0.786. The largest absolute Gasteiger partial charge is 0.364 e. The second kappa shape index (κ2) is 4.16. The van der Waals surface area contributed by atoms with Crippen molar-refractivity contribution in [2.45, 2.75) is 13.8 Å². The Bertz CT molecular complexity index is 287. The van der Waals surface area contributed by atoms with Gasteiger partial charge in [-0.15, -0.1) is 0 Å². The number of rotatable bonds is 3. The molecule has 0 radical (unpaired) electrons. The summed E-state index contributed by atoms with van der Waals surface area (Å²) in [5.41, 5.74) is 0.866. The van der Waals surface area contributed by atoms with Crippen LogP contribution in [0.15, 0.2) is 34.4 Å². The van der Waals surface area contributed by atoms with Crippen LogP contribution in [0, 0.1) is 0 Å². The molecule has 1 aromatic heterocycles. The summed E-state index contributed by atoms with van der Waals surface area (Å²) in [6, 6.07) is 1.84. The molecule has 0 spiro atoms. The zero-order valence-electron chi connectivity index (χ0n) is 7.20. The van der Waals surface area contributed by atoms with E-state index < -0.39 is 0 Å². The average molecular weight is 181 g/mol. The summed E-state index contributed by atoms with van der Waals surface area (Å²) in [6.45, 7) is 7.76. The highest BCUT2D eigenvalue weighted by Crippen LogP contribution is 2.30. The second-order valence-electron chi connectivity index (χ2n) is 2.34. The van der Waals surface area contributed by atoms with Crippen molar-refractivity contribution in [3.63, 3.8) is 0 Å². The van der Waals surface area contributed by atoms with Gasteiger partial charge < -0.3 is 4.52 Å². The van der Waals surface area contributed by atoms with Crippen molar-refractivity contribution in [1.82, 2.24) is 5.16 Å². The van der Waals surface area contributed by atoms with Crippen LogP contribution < -0.4 is 0 Å². The van der Waals surface area contributed by atoms with Crippen LogP contribution in [0.25, 0.3) is 4.91 Å². The molecule has 0 unspecified atom stereocenters. The van der Waals surface area contributed by atoms with Gasteiger partial charge in [0.15, 0.2) is 0 Å². The first-order chi connectivity index (χ1) is 5.74. The van der Waals surface area contributed by atoms with Crippen molar-refractivity contribution < 1.29 is 4.52 Å². The minimum absolute atomic E-state index is 0.866. The molecule has 0 saturated heterocycles. The molecular formula is C9H11NOS. The van der Waals surface area contributed by atoms with Gasteiger partial charge in [0, 0.05) is 11.0 Å². The highest BCUT2D eigenvalue weighted by molar-refractivity contribution is 8.11. The molecule has 0 aliphatic carbocycles. The zero-order chi connectivity index (χ0) is 8.97. The first-order valence-corrected chi connectivity index (χ1v) is 4.46. The topological polar surface area (TPSA) is 26.0 Å². The minimum Gasteiger partial charge on any atom is -0.364 e. The molecule has 0 fully saturated rings. The lowest BCUT2D eigenvalue weighted by Crippen LogP contribution is -1.78. The Labute approximate surface area is 76.3 Å². The summed E-state index contributed by atoms with van der Waals surface area (Å²) >= 11 is 1.60. The van der Waals surface area contributed by atoms with Crippen molar-refractivity contribution in [2.24, 2.45) is 0 Å². The van der Waals surface area contributed by atoms with E-state index in [4.69, 9.17) is 4.52 Å². The molecule has 2 nitrogen and oxygen atoms in total. The van der Waals surface area contributed by atoms with E-state index in [2.05, 4.69) is 11.7 Å². The Morgan fingerprint density at radius 1 is 1.75 bits per heavy atom. The minimum atomic E-state index is 0.866. The Balaban J connectivity index is 2.78. The number of nitrogens with zero attached hydrogens (tertiary/aromatic N) is 1. The highest BCUT2D eigenvalue weighted by Gasteiger charge is 2.03. The summed E-state index contributed by atoms with van der Waals surface area (Å²) < 4.78 is 4.75. The number of aromatic nitrogens is 1. The maximum absolute atomic E-state index is 4.75. The standard InChI is InChI=1S/C9H11NOS/c1-4-9(12-7(2)3)8-5-6-11-10-8/h4-6H,2H2,1,3H3/b9-4-. The molecule has 1 aromatic rings. The number of hydrogen-bond acceptors (Lipinski definition) is 3. The lowest BCUT2D eigenvalue weighted by molar-refractivity contribution is 0.418. The molecule has 0 bridgehead atoms. The van der Waals surface area contributed by atoms with Crippen molar-refractivity contribution in [3.8, 4) is 0 Å². The van der Waals surface area contributed by atoms with Crippen LogP contribution in [-0.2, 0) is 0 Å². The first kappa shape index (κ1) is 9.13. The zero-order valence-corrected chi connectivity index (χ0v) is 8.02. The van der Waals surface area contributed by atoms with Gasteiger partial charge in [-0.1, -0.05) is 29.6 Å². The molecule has 0 saturated carbocycles. The van der Waals surface area contributed by atoms with E-state index in [9.17, 15) is 0 Å². The summed E-state index contributed by atoms with van der Waals surface area (Å²) in [4.78, 5) is 2.13. The van der Waals surface area contributed by atoms with Crippen molar-refractivity contribution >= 4 is 16.7 Å². The van der Waals surface area contributed by atoms with Crippen LogP contribution >= 0.6 is 11.8 Å². The molecule has 12 heavy (non-hydrogen) atoms. The molecule has 0 aliphatic rings. The van der Waals surface area contributed by atoms with Crippen LogP contribution in [0.5, 0.6) is 0 Å². The predicted molar refractivity (Wildman–Crippen MR) is 52.6 cm³/mol. The van der Waals surface area contributed by atoms with Crippen molar-refractivity contribution in [3.05, 3.63) is 35.6 Å². The quantitative estimate of drug-likeness (QED) is 0.715. The van der Waals surface area contributed by atoms with Gasteiger partial charge in [-0.2, -0.15) is 0 Å². The van der Waals surface area contributed by atoms with Gasteiger partial charge in [-0.05, 0) is 18.8 Å². The van der Waals surface area contributed by atoms with Gasteiger partial charge in [0.2, 0.25) is 0 Å². The van der Waals surface area contributed by atoms with Gasteiger partial charge in [0.05, 0.1) is 0 Å². The molecular weight excluding hydrogens is 170 g/mol. The van der Waals surface area contributed by atoms with Crippen LogP contribution in [0.2, 0.25) is 0 Å². The maximum atomic E-state index is 4.75. The Kier molecular flexibility index (Phi) is 3.17. The molecule has 0 aromatic carbocycles. The number of hydrogen-bond donors (Lipinski definition) is 0. The van der Waals surface area contributed by atoms with Crippen LogP contribution in [0.3, 0.4) is 0 Å². The highest BCUT2D eigenvalue weighted by atomic mass is 32.2. The lowest BCUT2D eigenvalue weighted by atomic mass is 10.4. The Morgan fingerprint density at radius 2 is 2.50 bits per heavy atom. The monoisotopic (exact) mass is 181 g/mol. The fraction of sp³-hybridized carbons (Fsp3) is 0.222. The average Bonchev–Trinajstić information content (AvgIpc) is 2.51. The van der Waals surface area contributed by atoms with E-state index in [0.717, 1.165) is 15.5 Å². The fourth-order valence-corrected chi connectivity index (χ4v) is 1.49. The maximum Gasteiger partial charge on any atom is 0.124 e. The molecule has 0 N–H and O–H groups in total. The summed E-state index contributed by atoms with van der Waals surface area (Å²) in [5.74, 6) is 0. The number of thioether (sulfide) groups is 1. The normalized spacial score (nSPS) is 11.7. The SMILES string of the molecule is C=C(C)S/C(=C\C)c1ccon1. The van der Waals surface area contributed by atoms with E-state index in [-0.39, 0.29) is 0 Å². The van der Waals surface area contributed by atoms with Gasteiger partial charge in [0.1, 0.15) is 12.0 Å². The third kappa shape index (κ3) is 2.27. The molecule has 0 atom stereocenters. The summed E-state index contributed by atoms with van der Waals surface area (Å²) in [5, 5.41) is 3.84. The predicted octanol–water partition coefficient (Wildman–Crippen LogP) is 3.30. The molecule has 64 valence electrons. The third-order valence-electron chi connectivity index (χ3n) is 1.24. The van der Waals surface area contributed by atoms with E-state index >= 15 is 0 Å². The Morgan fingerprint density at radius 3 is 2.92 bits per heavy atom. The van der Waals surface area contributed by atoms with Crippen molar-refractivity contribution in [2.75, 3.05) is 0 Å². The van der Waals surface area contributed by atoms with Gasteiger partial charge in [-0.3, -0.25) is 0 Å². The van der Waals surface area contributed by atoms with E-state index in [1.54, 1.807) is 18.0 Å². The second-order valence-corrected chi connectivity index (χ2v) is 3.68. The van der Waals surface area contributed by atoms with E-state index in [0.29, 0.717) is 0 Å². The summed E-state index contributed by atoms with van der Waals surface area (Å²) in [7, 11) is 0.